The second-order valence-electron chi connectivity index (χ2n) is 15.2. The van der Waals surface area contributed by atoms with E-state index in [1.54, 1.807) is 0 Å². The molecular weight excluding hydrogens is 674 g/mol. The summed E-state index contributed by atoms with van der Waals surface area (Å²) in [6, 6.07) is 27.0. The van der Waals surface area contributed by atoms with E-state index in [9.17, 15) is 0 Å². The average Bonchev–Trinajstić information content (AvgIpc) is 3.43. The molecule has 268 valence electrons. The van der Waals surface area contributed by atoms with Crippen LogP contribution in [-0.4, -0.2) is 56.4 Å². The van der Waals surface area contributed by atoms with Crippen molar-refractivity contribution in [2.24, 2.45) is 5.92 Å². The molecule has 1 unspecified atom stereocenters. The molecule has 1 fully saturated rings. The highest BCUT2D eigenvalue weighted by molar-refractivity contribution is 6.99. The minimum Gasteiger partial charge on any atom is -0.401 e. The van der Waals surface area contributed by atoms with Crippen molar-refractivity contribution >= 4 is 29.6 Å². The zero-order chi connectivity index (χ0) is 36.1. The molecule has 5 aromatic rings. The number of H-pyrrole nitrogens is 1. The SMILES string of the molecule is C[C@@H]1Cc2c([nH]c3ccccc23)[C@@H](c2c(F)cc(C(F)C3CNC3)cc2F)N1CC(F)(F)CO[Si](c1ccccc1)(c1ccccc1)C(C)(C)C. The zero-order valence-corrected chi connectivity index (χ0v) is 30.3. The lowest BCUT2D eigenvalue weighted by atomic mass is 9.86. The summed E-state index contributed by atoms with van der Waals surface area (Å²) in [4.78, 5) is 4.80. The standard InChI is InChI=1S/C41H44F5N3OSi/c1-26-19-32-31-17-11-12-18-35(31)48-38(32)39(36-33(42)20-27(21-34(36)43)37(44)28-22-47-23-28)49(26)24-41(45,46)25-50-51(40(2,3)4,29-13-7-5-8-14-29)30-15-9-6-10-16-30/h5-18,20-21,26,28,37,39,47-48H,19,22-25H2,1-4H3/t26-,37?,39-/m1/s1. The van der Waals surface area contributed by atoms with Crippen LogP contribution in [0.4, 0.5) is 22.0 Å². The van der Waals surface area contributed by atoms with Crippen LogP contribution in [0.1, 0.15) is 62.3 Å². The second-order valence-corrected chi connectivity index (χ2v) is 19.5. The van der Waals surface area contributed by atoms with Crippen LogP contribution in [0.25, 0.3) is 10.9 Å². The van der Waals surface area contributed by atoms with Gasteiger partial charge in [0.25, 0.3) is 14.2 Å². The van der Waals surface area contributed by atoms with E-state index in [1.165, 1.54) is 4.90 Å². The zero-order valence-electron chi connectivity index (χ0n) is 29.3. The van der Waals surface area contributed by atoms with Crippen LogP contribution in [0.3, 0.4) is 0 Å². The van der Waals surface area contributed by atoms with Gasteiger partial charge in [0, 0.05) is 47.2 Å². The number of hydrogen-bond acceptors (Lipinski definition) is 3. The number of hydrogen-bond donors (Lipinski definition) is 2. The van der Waals surface area contributed by atoms with E-state index in [2.05, 4.69) is 10.3 Å². The maximum absolute atomic E-state index is 16.7. The van der Waals surface area contributed by atoms with E-state index < -0.39 is 62.3 Å². The van der Waals surface area contributed by atoms with Gasteiger partial charge in [0.1, 0.15) is 17.8 Å². The number of para-hydroxylation sites is 1. The van der Waals surface area contributed by atoms with Crippen molar-refractivity contribution in [3.8, 4) is 0 Å². The second kappa shape index (κ2) is 13.6. The lowest BCUT2D eigenvalue weighted by Crippen LogP contribution is -2.67. The van der Waals surface area contributed by atoms with Gasteiger partial charge < -0.3 is 14.7 Å². The highest BCUT2D eigenvalue weighted by Crippen LogP contribution is 2.45. The average molecular weight is 718 g/mol. The normalized spacial score (nSPS) is 19.5. The molecule has 0 radical (unpaired) electrons. The fourth-order valence-electron chi connectivity index (χ4n) is 8.17. The lowest BCUT2D eigenvalue weighted by Gasteiger charge is -2.45. The van der Waals surface area contributed by atoms with Crippen LogP contribution in [0.2, 0.25) is 5.04 Å². The van der Waals surface area contributed by atoms with E-state index >= 15 is 22.0 Å². The Hall–Kier alpha value is -3.83. The number of aromatic amines is 1. The van der Waals surface area contributed by atoms with Crippen LogP contribution in [0.5, 0.6) is 0 Å². The third-order valence-corrected chi connectivity index (χ3v) is 15.8. The van der Waals surface area contributed by atoms with E-state index in [0.29, 0.717) is 25.2 Å². The van der Waals surface area contributed by atoms with E-state index in [0.717, 1.165) is 39.0 Å². The molecule has 4 nitrogen and oxygen atoms in total. The van der Waals surface area contributed by atoms with Gasteiger partial charge in [-0.15, -0.1) is 0 Å². The van der Waals surface area contributed by atoms with Gasteiger partial charge in [-0.2, -0.15) is 0 Å². The van der Waals surface area contributed by atoms with E-state index in [1.807, 2.05) is 113 Å². The monoisotopic (exact) mass is 717 g/mol. The number of nitrogens with one attached hydrogen (secondary N) is 2. The maximum Gasteiger partial charge on any atom is 0.282 e. The molecule has 0 saturated carbocycles. The lowest BCUT2D eigenvalue weighted by molar-refractivity contribution is -0.0825. The summed E-state index contributed by atoms with van der Waals surface area (Å²) in [5.41, 5.74) is 1.58. The predicted molar refractivity (Wildman–Crippen MR) is 195 cm³/mol. The van der Waals surface area contributed by atoms with Crippen molar-refractivity contribution in [2.75, 3.05) is 26.2 Å². The van der Waals surface area contributed by atoms with Gasteiger partial charge in [0.2, 0.25) is 0 Å². The van der Waals surface area contributed by atoms with Crippen LogP contribution in [-0.2, 0) is 10.8 Å². The minimum atomic E-state index is -3.42. The first-order valence-corrected chi connectivity index (χ1v) is 19.5. The molecule has 2 aliphatic heterocycles. The number of rotatable bonds is 10. The fourth-order valence-corrected chi connectivity index (χ4v) is 12.8. The van der Waals surface area contributed by atoms with Crippen molar-refractivity contribution in [1.82, 2.24) is 15.2 Å². The van der Waals surface area contributed by atoms with Crippen molar-refractivity contribution in [2.45, 2.75) is 63.3 Å². The number of nitrogens with zero attached hydrogens (tertiary/aromatic N) is 1. The summed E-state index contributed by atoms with van der Waals surface area (Å²) in [5.74, 6) is -5.71. The van der Waals surface area contributed by atoms with Crippen molar-refractivity contribution in [1.29, 1.82) is 0 Å². The van der Waals surface area contributed by atoms with Gasteiger partial charge >= 0.3 is 0 Å². The molecule has 1 aromatic heterocycles. The van der Waals surface area contributed by atoms with Crippen molar-refractivity contribution < 1.29 is 26.4 Å². The smallest absolute Gasteiger partial charge is 0.282 e. The van der Waals surface area contributed by atoms with Crippen LogP contribution >= 0.6 is 0 Å². The third kappa shape index (κ3) is 6.45. The van der Waals surface area contributed by atoms with E-state index in [-0.39, 0.29) is 17.0 Å². The van der Waals surface area contributed by atoms with E-state index in [4.69, 9.17) is 4.43 Å². The van der Waals surface area contributed by atoms with Crippen LogP contribution < -0.4 is 15.7 Å². The number of aromatic nitrogens is 1. The molecule has 3 atom stereocenters. The highest BCUT2D eigenvalue weighted by Gasteiger charge is 2.53. The van der Waals surface area contributed by atoms with Gasteiger partial charge in [-0.25, -0.2) is 22.0 Å². The van der Waals surface area contributed by atoms with Gasteiger partial charge in [-0.3, -0.25) is 4.90 Å². The van der Waals surface area contributed by atoms with Gasteiger partial charge in [0.15, 0.2) is 0 Å². The Balaban J connectivity index is 1.28. The molecule has 3 heterocycles. The Morgan fingerprint density at radius 3 is 1.98 bits per heavy atom. The molecule has 51 heavy (non-hydrogen) atoms. The summed E-state index contributed by atoms with van der Waals surface area (Å²) in [5, 5.41) is 5.09. The topological polar surface area (TPSA) is 40.3 Å². The first kappa shape index (κ1) is 35.6. The van der Waals surface area contributed by atoms with Crippen molar-refractivity contribution in [3.05, 3.63) is 131 Å². The van der Waals surface area contributed by atoms with Crippen LogP contribution in [0.15, 0.2) is 97.1 Å². The molecule has 7 rings (SSSR count). The molecule has 4 aromatic carbocycles. The molecule has 0 amide bonds. The molecule has 2 N–H and O–H groups in total. The predicted octanol–water partition coefficient (Wildman–Crippen LogP) is 8.22. The molecule has 0 bridgehead atoms. The molecule has 0 spiro atoms. The number of benzene rings is 4. The first-order valence-electron chi connectivity index (χ1n) is 17.6. The molecule has 10 heteroatoms. The summed E-state index contributed by atoms with van der Waals surface area (Å²) in [7, 11) is -3.31. The fraction of sp³-hybridized carbons (Fsp3) is 0.366. The first-order chi connectivity index (χ1) is 24.3. The van der Waals surface area contributed by atoms with Gasteiger partial charge in [-0.05, 0) is 58.1 Å². The summed E-state index contributed by atoms with van der Waals surface area (Å²) in [6.07, 6.45) is -1.15. The van der Waals surface area contributed by atoms with Crippen molar-refractivity contribution in [3.63, 3.8) is 0 Å². The number of alkyl halides is 3. The van der Waals surface area contributed by atoms with Crippen LogP contribution in [0, 0.1) is 17.6 Å². The Bertz CT molecular complexity index is 1930. The molecule has 2 aliphatic rings. The summed E-state index contributed by atoms with van der Waals surface area (Å²) < 4.78 is 87.9. The maximum atomic E-state index is 16.7. The summed E-state index contributed by atoms with van der Waals surface area (Å²) in [6.45, 7) is 7.02. The van der Waals surface area contributed by atoms with Gasteiger partial charge in [0.05, 0.1) is 19.2 Å². The number of fused-ring (bicyclic) bond motifs is 3. The molecule has 0 aliphatic carbocycles. The third-order valence-electron chi connectivity index (χ3n) is 10.8. The Labute approximate surface area is 297 Å². The minimum absolute atomic E-state index is 0.0865. The molecular formula is C41H44F5N3OSi. The quantitative estimate of drug-likeness (QED) is 0.113. The Morgan fingerprint density at radius 1 is 0.863 bits per heavy atom. The van der Waals surface area contributed by atoms with Gasteiger partial charge in [-0.1, -0.05) is 99.6 Å². The molecule has 1 saturated heterocycles. The Kier molecular flexibility index (Phi) is 9.50. The Morgan fingerprint density at radius 2 is 1.43 bits per heavy atom. The summed E-state index contributed by atoms with van der Waals surface area (Å²) >= 11 is 0. The largest absolute Gasteiger partial charge is 0.401 e. The number of halogens is 5. The highest BCUT2D eigenvalue weighted by atomic mass is 28.4.